The van der Waals surface area contributed by atoms with Gasteiger partial charge in [0.05, 0.1) is 19.1 Å². The Bertz CT molecular complexity index is 294. The van der Waals surface area contributed by atoms with Crippen molar-refractivity contribution in [3.05, 3.63) is 0 Å². The van der Waals surface area contributed by atoms with Crippen molar-refractivity contribution in [2.45, 2.75) is 38.2 Å². The molecule has 0 aromatic carbocycles. The number of rotatable bonds is 2. The Labute approximate surface area is 94.5 Å². The molecule has 2 aliphatic rings. The van der Waals surface area contributed by atoms with E-state index in [0.717, 1.165) is 25.7 Å². The maximum atomic E-state index is 11.5. The van der Waals surface area contributed by atoms with E-state index in [1.807, 2.05) is 6.92 Å². The van der Waals surface area contributed by atoms with E-state index in [1.165, 1.54) is 0 Å². The molecule has 1 aliphatic carbocycles. The highest BCUT2D eigenvalue weighted by Crippen LogP contribution is 2.37. The number of esters is 1. The van der Waals surface area contributed by atoms with Crippen LogP contribution in [-0.2, 0) is 14.3 Å². The predicted octanol–water partition coefficient (Wildman–Crippen LogP) is 1.22. The number of carbonyl (C=O) groups is 2. The molecule has 1 spiro atoms. The lowest BCUT2D eigenvalue weighted by molar-refractivity contribution is -0.150. The first-order valence-corrected chi connectivity index (χ1v) is 5.79. The van der Waals surface area contributed by atoms with Gasteiger partial charge in [-0.1, -0.05) is 0 Å². The number of hydrogen-bond acceptors (Lipinski definition) is 4. The fourth-order valence-corrected chi connectivity index (χ4v) is 2.42. The van der Waals surface area contributed by atoms with Crippen molar-refractivity contribution in [1.82, 2.24) is 5.32 Å². The monoisotopic (exact) mass is 227 g/mol. The van der Waals surface area contributed by atoms with E-state index in [1.54, 1.807) is 0 Å². The van der Waals surface area contributed by atoms with Gasteiger partial charge in [0.25, 0.3) is 0 Å². The van der Waals surface area contributed by atoms with Gasteiger partial charge in [-0.2, -0.15) is 0 Å². The minimum atomic E-state index is -0.361. The van der Waals surface area contributed by atoms with Crippen molar-refractivity contribution in [3.8, 4) is 0 Å². The Morgan fingerprint density at radius 1 is 1.56 bits per heavy atom. The van der Waals surface area contributed by atoms with Gasteiger partial charge in [-0.3, -0.25) is 4.79 Å². The second kappa shape index (κ2) is 4.31. The number of hydrogen-bond donors (Lipinski definition) is 1. The third-order valence-corrected chi connectivity index (χ3v) is 3.38. The van der Waals surface area contributed by atoms with Crippen LogP contribution in [-0.4, -0.2) is 30.8 Å². The van der Waals surface area contributed by atoms with Crippen molar-refractivity contribution < 1.29 is 19.1 Å². The molecule has 0 aromatic rings. The first-order chi connectivity index (χ1) is 7.65. The Morgan fingerprint density at radius 3 is 2.75 bits per heavy atom. The molecule has 1 saturated heterocycles. The zero-order chi connectivity index (χ0) is 11.6. The zero-order valence-corrected chi connectivity index (χ0v) is 9.45. The highest BCUT2D eigenvalue weighted by Gasteiger charge is 2.44. The molecule has 0 unspecified atom stereocenters. The van der Waals surface area contributed by atoms with Crippen LogP contribution in [0.1, 0.15) is 32.6 Å². The number of carbonyl (C=O) groups excluding carboxylic acids is 2. The van der Waals surface area contributed by atoms with Crippen molar-refractivity contribution in [3.63, 3.8) is 0 Å². The van der Waals surface area contributed by atoms with Crippen LogP contribution in [0.2, 0.25) is 0 Å². The first-order valence-electron chi connectivity index (χ1n) is 5.79. The third kappa shape index (κ3) is 2.13. The van der Waals surface area contributed by atoms with E-state index in [0.29, 0.717) is 13.2 Å². The average molecular weight is 227 g/mol. The molecule has 16 heavy (non-hydrogen) atoms. The second-order valence-corrected chi connectivity index (χ2v) is 4.45. The average Bonchev–Trinajstić information content (AvgIpc) is 2.61. The number of amides is 1. The molecule has 0 atom stereocenters. The molecular formula is C11H17NO4. The van der Waals surface area contributed by atoms with Gasteiger partial charge in [-0.15, -0.1) is 0 Å². The Kier molecular flexibility index (Phi) is 3.03. The summed E-state index contributed by atoms with van der Waals surface area (Å²) in [5.74, 6) is -0.139. The molecule has 0 bridgehead atoms. The SMILES string of the molecule is CCOC(=O)C1CCC2(CC1)CNC(=O)O2. The zero-order valence-electron chi connectivity index (χ0n) is 9.45. The summed E-state index contributed by atoms with van der Waals surface area (Å²) in [5.41, 5.74) is -0.361. The van der Waals surface area contributed by atoms with Gasteiger partial charge in [-0.25, -0.2) is 4.79 Å². The lowest BCUT2D eigenvalue weighted by atomic mass is 9.79. The van der Waals surface area contributed by atoms with Crippen LogP contribution < -0.4 is 5.32 Å². The molecule has 1 amide bonds. The second-order valence-electron chi connectivity index (χ2n) is 4.45. The quantitative estimate of drug-likeness (QED) is 0.720. The van der Waals surface area contributed by atoms with E-state index >= 15 is 0 Å². The van der Waals surface area contributed by atoms with Crippen molar-refractivity contribution in [2.24, 2.45) is 5.92 Å². The lowest BCUT2D eigenvalue weighted by Crippen LogP contribution is -2.39. The molecule has 1 saturated carbocycles. The van der Waals surface area contributed by atoms with Gasteiger partial charge < -0.3 is 14.8 Å². The Hall–Kier alpha value is -1.26. The highest BCUT2D eigenvalue weighted by atomic mass is 16.6. The van der Waals surface area contributed by atoms with E-state index < -0.39 is 0 Å². The standard InChI is InChI=1S/C11H17NO4/c1-2-15-9(13)8-3-5-11(6-4-8)7-12-10(14)16-11/h8H,2-7H2,1H3,(H,12,14). The fraction of sp³-hybridized carbons (Fsp3) is 0.818. The summed E-state index contributed by atoms with van der Waals surface area (Å²) < 4.78 is 10.3. The summed E-state index contributed by atoms with van der Waals surface area (Å²) in [6, 6.07) is 0. The van der Waals surface area contributed by atoms with Gasteiger partial charge in [0.1, 0.15) is 5.60 Å². The van der Waals surface area contributed by atoms with Crippen molar-refractivity contribution >= 4 is 12.1 Å². The smallest absolute Gasteiger partial charge is 0.407 e. The Balaban J connectivity index is 1.87. The van der Waals surface area contributed by atoms with Gasteiger partial charge in [0, 0.05) is 0 Å². The summed E-state index contributed by atoms with van der Waals surface area (Å²) >= 11 is 0. The van der Waals surface area contributed by atoms with Crippen LogP contribution in [0.5, 0.6) is 0 Å². The first kappa shape index (κ1) is 11.2. The van der Waals surface area contributed by atoms with Gasteiger partial charge in [0.2, 0.25) is 0 Å². The highest BCUT2D eigenvalue weighted by molar-refractivity contribution is 5.73. The predicted molar refractivity (Wildman–Crippen MR) is 55.8 cm³/mol. The maximum absolute atomic E-state index is 11.5. The fourth-order valence-electron chi connectivity index (χ4n) is 2.42. The summed E-state index contributed by atoms with van der Waals surface area (Å²) in [6.07, 6.45) is 2.64. The molecule has 5 heteroatoms. The number of ether oxygens (including phenoxy) is 2. The lowest BCUT2D eigenvalue weighted by Gasteiger charge is -2.33. The van der Waals surface area contributed by atoms with Gasteiger partial charge in [-0.05, 0) is 32.6 Å². The number of nitrogens with one attached hydrogen (secondary N) is 1. The molecule has 1 N–H and O–H groups in total. The van der Waals surface area contributed by atoms with E-state index in [9.17, 15) is 9.59 Å². The van der Waals surface area contributed by atoms with Crippen molar-refractivity contribution in [1.29, 1.82) is 0 Å². The minimum Gasteiger partial charge on any atom is -0.466 e. The molecule has 2 fully saturated rings. The summed E-state index contributed by atoms with van der Waals surface area (Å²) in [4.78, 5) is 22.5. The molecule has 0 aromatic heterocycles. The molecule has 0 radical (unpaired) electrons. The minimum absolute atomic E-state index is 0.0233. The van der Waals surface area contributed by atoms with E-state index in [-0.39, 0.29) is 23.6 Å². The van der Waals surface area contributed by atoms with Crippen molar-refractivity contribution in [2.75, 3.05) is 13.2 Å². The van der Waals surface area contributed by atoms with Gasteiger partial charge in [0.15, 0.2) is 0 Å². The molecule has 2 rings (SSSR count). The third-order valence-electron chi connectivity index (χ3n) is 3.38. The maximum Gasteiger partial charge on any atom is 0.407 e. The van der Waals surface area contributed by atoms with Crippen LogP contribution in [0.4, 0.5) is 4.79 Å². The molecular weight excluding hydrogens is 210 g/mol. The summed E-state index contributed by atoms with van der Waals surface area (Å²) in [7, 11) is 0. The topological polar surface area (TPSA) is 64.6 Å². The van der Waals surface area contributed by atoms with E-state index in [4.69, 9.17) is 9.47 Å². The van der Waals surface area contributed by atoms with E-state index in [2.05, 4.69) is 5.32 Å². The molecule has 1 heterocycles. The van der Waals surface area contributed by atoms with Gasteiger partial charge >= 0.3 is 12.1 Å². The van der Waals surface area contributed by atoms with Crippen LogP contribution in [0.15, 0.2) is 0 Å². The van der Waals surface area contributed by atoms with Crippen LogP contribution in [0, 0.1) is 5.92 Å². The summed E-state index contributed by atoms with van der Waals surface area (Å²) in [6.45, 7) is 2.81. The summed E-state index contributed by atoms with van der Waals surface area (Å²) in [5, 5.41) is 2.67. The Morgan fingerprint density at radius 2 is 2.25 bits per heavy atom. The number of alkyl carbamates (subject to hydrolysis) is 1. The molecule has 5 nitrogen and oxygen atoms in total. The molecule has 1 aliphatic heterocycles. The van der Waals surface area contributed by atoms with Crippen LogP contribution in [0.25, 0.3) is 0 Å². The normalized spacial score (nSPS) is 33.3. The largest absolute Gasteiger partial charge is 0.466 e. The van der Waals surface area contributed by atoms with Crippen LogP contribution >= 0.6 is 0 Å². The van der Waals surface area contributed by atoms with Crippen LogP contribution in [0.3, 0.4) is 0 Å². The molecule has 90 valence electrons.